The van der Waals surface area contributed by atoms with Crippen LogP contribution in [0.3, 0.4) is 0 Å². The van der Waals surface area contributed by atoms with Crippen molar-refractivity contribution in [1.82, 2.24) is 30.1 Å². The van der Waals surface area contributed by atoms with E-state index in [1.54, 1.807) is 24.1 Å². The van der Waals surface area contributed by atoms with Crippen LogP contribution in [0.2, 0.25) is 0 Å². The van der Waals surface area contributed by atoms with Gasteiger partial charge in [-0.2, -0.15) is 0 Å². The van der Waals surface area contributed by atoms with Crippen LogP contribution in [0, 0.1) is 0 Å². The predicted octanol–water partition coefficient (Wildman–Crippen LogP) is 3.10. The smallest absolute Gasteiger partial charge is 0.252 e. The zero-order valence-corrected chi connectivity index (χ0v) is 20.1. The molecule has 0 saturated heterocycles. The number of hydrogen-bond donors (Lipinski definition) is 1. The third-order valence-electron chi connectivity index (χ3n) is 6.23. The highest BCUT2D eigenvalue weighted by Crippen LogP contribution is 2.35. The molecule has 0 atom stereocenters. The quantitative estimate of drug-likeness (QED) is 0.325. The molecule has 0 amide bonds. The van der Waals surface area contributed by atoms with E-state index < -0.39 is 0 Å². The van der Waals surface area contributed by atoms with Gasteiger partial charge >= 0.3 is 0 Å². The molecule has 0 fully saturated rings. The Bertz CT molecular complexity index is 1580. The standard InChI is InChI=1S/C26H24N6O5/c1-34-20-6-4-17(5-7-20)12-31(15-25-28-29-30-32(25)14-21-3-2-8-35-21)13-19-9-18-10-23-24(37-16-36-23)11-22(18)27-26(19)33/h2-11H,12-16H2,1H3,(H,27,33). The van der Waals surface area contributed by atoms with Crippen LogP contribution in [0.4, 0.5) is 0 Å². The molecule has 2 aromatic carbocycles. The van der Waals surface area contributed by atoms with Gasteiger partial charge in [0.15, 0.2) is 17.3 Å². The highest BCUT2D eigenvalue weighted by atomic mass is 16.7. The van der Waals surface area contributed by atoms with E-state index in [-0.39, 0.29) is 12.4 Å². The third-order valence-corrected chi connectivity index (χ3v) is 6.23. The summed E-state index contributed by atoms with van der Waals surface area (Å²) in [5.74, 6) is 3.48. The van der Waals surface area contributed by atoms with E-state index in [1.807, 2.05) is 48.5 Å². The number of aromatic nitrogens is 5. The van der Waals surface area contributed by atoms with E-state index in [4.69, 9.17) is 18.6 Å². The number of methoxy groups -OCH3 is 1. The van der Waals surface area contributed by atoms with Gasteiger partial charge in [-0.25, -0.2) is 4.68 Å². The van der Waals surface area contributed by atoms with Crippen LogP contribution in [0.5, 0.6) is 17.2 Å². The first-order valence-electron chi connectivity index (χ1n) is 11.7. The molecule has 0 unspecified atom stereocenters. The minimum absolute atomic E-state index is 0.165. The van der Waals surface area contributed by atoms with Gasteiger partial charge in [-0.05, 0) is 52.4 Å². The van der Waals surface area contributed by atoms with Crippen LogP contribution in [0.25, 0.3) is 10.9 Å². The molecule has 0 saturated carbocycles. The highest BCUT2D eigenvalue weighted by molar-refractivity contribution is 5.83. The highest BCUT2D eigenvalue weighted by Gasteiger charge is 2.19. The number of H-pyrrole nitrogens is 1. The molecule has 0 spiro atoms. The molecular formula is C26H24N6O5. The first kappa shape index (κ1) is 22.8. The lowest BCUT2D eigenvalue weighted by Crippen LogP contribution is -2.28. The van der Waals surface area contributed by atoms with Crippen molar-refractivity contribution in [3.63, 3.8) is 0 Å². The van der Waals surface area contributed by atoms with Crippen molar-refractivity contribution in [2.75, 3.05) is 13.9 Å². The number of ether oxygens (including phenoxy) is 3. The molecule has 1 N–H and O–H groups in total. The summed E-state index contributed by atoms with van der Waals surface area (Å²) in [5, 5.41) is 13.1. The number of hydrogen-bond acceptors (Lipinski definition) is 9. The average Bonchev–Trinajstić information content (AvgIpc) is 3.67. The van der Waals surface area contributed by atoms with E-state index in [0.717, 1.165) is 22.5 Å². The van der Waals surface area contributed by atoms with E-state index in [1.165, 1.54) is 0 Å². The second kappa shape index (κ2) is 9.78. The molecule has 4 heterocycles. The number of tetrazole rings is 1. The molecule has 11 heteroatoms. The van der Waals surface area contributed by atoms with Gasteiger partial charge in [-0.1, -0.05) is 12.1 Å². The van der Waals surface area contributed by atoms with Crippen LogP contribution in [-0.4, -0.2) is 44.0 Å². The van der Waals surface area contributed by atoms with E-state index in [0.29, 0.717) is 54.6 Å². The average molecular weight is 501 g/mol. The molecule has 11 nitrogen and oxygen atoms in total. The van der Waals surface area contributed by atoms with E-state index >= 15 is 0 Å². The van der Waals surface area contributed by atoms with Crippen molar-refractivity contribution in [3.05, 3.63) is 93.9 Å². The fraction of sp³-hybridized carbons (Fsp3) is 0.231. The van der Waals surface area contributed by atoms with Crippen LogP contribution in [-0.2, 0) is 26.2 Å². The second-order valence-electron chi connectivity index (χ2n) is 8.74. The van der Waals surface area contributed by atoms with Gasteiger partial charge in [-0.15, -0.1) is 5.10 Å². The Labute approximate surface area is 211 Å². The van der Waals surface area contributed by atoms with Crippen molar-refractivity contribution < 1.29 is 18.6 Å². The number of benzene rings is 2. The van der Waals surface area contributed by atoms with Crippen molar-refractivity contribution in [3.8, 4) is 17.2 Å². The number of nitrogens with one attached hydrogen (secondary N) is 1. The largest absolute Gasteiger partial charge is 0.497 e. The summed E-state index contributed by atoms with van der Waals surface area (Å²) in [6.07, 6.45) is 1.62. The molecule has 6 rings (SSSR count). The Balaban J connectivity index is 1.30. The molecule has 0 bridgehead atoms. The molecule has 0 radical (unpaired) electrons. The summed E-state index contributed by atoms with van der Waals surface area (Å²) < 4.78 is 23.4. The maximum atomic E-state index is 13.1. The number of aromatic amines is 1. The first-order valence-corrected chi connectivity index (χ1v) is 11.7. The SMILES string of the molecule is COc1ccc(CN(Cc2cc3cc4c(cc3[nH]c2=O)OCO4)Cc2nnnn2Cc2ccco2)cc1. The lowest BCUT2D eigenvalue weighted by Gasteiger charge is -2.22. The lowest BCUT2D eigenvalue weighted by atomic mass is 10.1. The summed E-state index contributed by atoms with van der Waals surface area (Å²) >= 11 is 0. The Morgan fingerprint density at radius 2 is 1.89 bits per heavy atom. The maximum absolute atomic E-state index is 13.1. The Morgan fingerprint density at radius 1 is 1.05 bits per heavy atom. The van der Waals surface area contributed by atoms with Crippen LogP contribution < -0.4 is 19.8 Å². The number of furan rings is 1. The van der Waals surface area contributed by atoms with Crippen LogP contribution >= 0.6 is 0 Å². The molecule has 37 heavy (non-hydrogen) atoms. The minimum Gasteiger partial charge on any atom is -0.497 e. The van der Waals surface area contributed by atoms with E-state index in [9.17, 15) is 4.79 Å². The Morgan fingerprint density at radius 3 is 2.68 bits per heavy atom. The van der Waals surface area contributed by atoms with Crippen LogP contribution in [0.1, 0.15) is 22.7 Å². The minimum atomic E-state index is -0.165. The summed E-state index contributed by atoms with van der Waals surface area (Å²) in [6.45, 7) is 1.94. The summed E-state index contributed by atoms with van der Waals surface area (Å²) in [7, 11) is 1.64. The van der Waals surface area contributed by atoms with Gasteiger partial charge in [0.2, 0.25) is 6.79 Å². The molecule has 1 aliphatic rings. The predicted molar refractivity (Wildman–Crippen MR) is 132 cm³/mol. The molecule has 5 aromatic rings. The Kier molecular flexibility index (Phi) is 6.03. The summed E-state index contributed by atoms with van der Waals surface area (Å²) in [6, 6.07) is 17.1. The molecule has 0 aliphatic carbocycles. The molecular weight excluding hydrogens is 476 g/mol. The number of pyridine rings is 1. The molecule has 3 aromatic heterocycles. The normalized spacial score (nSPS) is 12.5. The third kappa shape index (κ3) is 4.89. The fourth-order valence-corrected chi connectivity index (χ4v) is 4.37. The lowest BCUT2D eigenvalue weighted by molar-refractivity contribution is 0.174. The summed E-state index contributed by atoms with van der Waals surface area (Å²) in [4.78, 5) is 18.2. The van der Waals surface area contributed by atoms with Gasteiger partial charge in [0.05, 0.1) is 25.4 Å². The van der Waals surface area contributed by atoms with Crippen molar-refractivity contribution in [2.24, 2.45) is 0 Å². The van der Waals surface area contributed by atoms with Crippen LogP contribution in [0.15, 0.2) is 70.1 Å². The van der Waals surface area contributed by atoms with E-state index in [2.05, 4.69) is 25.4 Å². The van der Waals surface area contributed by atoms with Gasteiger partial charge in [0, 0.05) is 30.1 Å². The number of nitrogens with zero attached hydrogens (tertiary/aromatic N) is 5. The summed E-state index contributed by atoms with van der Waals surface area (Å²) in [5.41, 5.74) is 2.21. The van der Waals surface area contributed by atoms with Gasteiger partial charge in [0.25, 0.3) is 5.56 Å². The Hall–Kier alpha value is -4.64. The maximum Gasteiger partial charge on any atom is 0.252 e. The van der Waals surface area contributed by atoms with Gasteiger partial charge in [0.1, 0.15) is 18.1 Å². The molecule has 1 aliphatic heterocycles. The van der Waals surface area contributed by atoms with Gasteiger partial charge in [-0.3, -0.25) is 9.69 Å². The molecule has 188 valence electrons. The monoisotopic (exact) mass is 500 g/mol. The van der Waals surface area contributed by atoms with Crippen molar-refractivity contribution in [1.29, 1.82) is 0 Å². The fourth-order valence-electron chi connectivity index (χ4n) is 4.37. The number of fused-ring (bicyclic) bond motifs is 2. The zero-order valence-electron chi connectivity index (χ0n) is 20.1. The first-order chi connectivity index (χ1) is 18.1. The van der Waals surface area contributed by atoms with Gasteiger partial charge < -0.3 is 23.6 Å². The van der Waals surface area contributed by atoms with Crippen molar-refractivity contribution >= 4 is 10.9 Å². The second-order valence-corrected chi connectivity index (χ2v) is 8.74. The topological polar surface area (TPSA) is 121 Å². The van der Waals surface area contributed by atoms with Crippen molar-refractivity contribution in [2.45, 2.75) is 26.2 Å². The zero-order chi connectivity index (χ0) is 25.2. The number of rotatable bonds is 9.